The van der Waals surface area contributed by atoms with Crippen molar-refractivity contribution in [3.05, 3.63) is 30.1 Å². The van der Waals surface area contributed by atoms with E-state index in [1.54, 1.807) is 12.1 Å². The minimum Gasteiger partial charge on any atom is -0.480 e. The van der Waals surface area contributed by atoms with Crippen LogP contribution in [0.4, 0.5) is 4.39 Å². The third-order valence-corrected chi connectivity index (χ3v) is 2.88. The number of rotatable bonds is 5. The van der Waals surface area contributed by atoms with Crippen molar-refractivity contribution < 1.29 is 14.3 Å². The summed E-state index contributed by atoms with van der Waals surface area (Å²) in [5.41, 5.74) is 0.188. The van der Waals surface area contributed by atoms with Gasteiger partial charge >= 0.3 is 5.97 Å². The van der Waals surface area contributed by atoms with Gasteiger partial charge in [-0.3, -0.25) is 0 Å². The van der Waals surface area contributed by atoms with Crippen molar-refractivity contribution in [2.45, 2.75) is 26.3 Å². The van der Waals surface area contributed by atoms with Gasteiger partial charge in [0.25, 0.3) is 0 Å². The SMILES string of the molecule is CC(C)CC(C(=O)O)n1nnnc1-c1ccccc1F. The molecular formula is C13H15FN4O2. The van der Waals surface area contributed by atoms with Gasteiger partial charge in [-0.05, 0) is 34.9 Å². The molecule has 1 unspecified atom stereocenters. The predicted molar refractivity (Wildman–Crippen MR) is 69.3 cm³/mol. The van der Waals surface area contributed by atoms with Crippen LogP contribution in [0.3, 0.4) is 0 Å². The van der Waals surface area contributed by atoms with E-state index in [1.165, 1.54) is 16.8 Å². The van der Waals surface area contributed by atoms with E-state index in [1.807, 2.05) is 13.8 Å². The number of carbonyl (C=O) groups is 1. The molecule has 0 aliphatic heterocycles. The summed E-state index contributed by atoms with van der Waals surface area (Å²) >= 11 is 0. The van der Waals surface area contributed by atoms with E-state index in [0.29, 0.717) is 6.42 Å². The van der Waals surface area contributed by atoms with E-state index >= 15 is 0 Å². The summed E-state index contributed by atoms with van der Waals surface area (Å²) in [6, 6.07) is 5.09. The number of halogens is 1. The van der Waals surface area contributed by atoms with Crippen molar-refractivity contribution >= 4 is 5.97 Å². The maximum Gasteiger partial charge on any atom is 0.328 e. The zero-order valence-corrected chi connectivity index (χ0v) is 11.2. The summed E-state index contributed by atoms with van der Waals surface area (Å²) in [6.07, 6.45) is 0.363. The first kappa shape index (κ1) is 14.1. The summed E-state index contributed by atoms with van der Waals surface area (Å²) in [5, 5.41) is 20.3. The minimum absolute atomic E-state index is 0.121. The Morgan fingerprint density at radius 1 is 1.40 bits per heavy atom. The predicted octanol–water partition coefficient (Wildman–Crippen LogP) is 2.15. The largest absolute Gasteiger partial charge is 0.480 e. The molecule has 2 aromatic rings. The molecule has 0 bridgehead atoms. The lowest BCUT2D eigenvalue weighted by Crippen LogP contribution is -2.23. The molecule has 0 radical (unpaired) electrons. The van der Waals surface area contributed by atoms with Crippen LogP contribution >= 0.6 is 0 Å². The minimum atomic E-state index is -1.04. The van der Waals surface area contributed by atoms with Gasteiger partial charge in [0, 0.05) is 0 Å². The molecule has 0 saturated carbocycles. The molecule has 106 valence electrons. The summed E-state index contributed by atoms with van der Waals surface area (Å²) < 4.78 is 15.0. The smallest absolute Gasteiger partial charge is 0.328 e. The van der Waals surface area contributed by atoms with E-state index in [-0.39, 0.29) is 17.3 Å². The van der Waals surface area contributed by atoms with Gasteiger partial charge in [-0.1, -0.05) is 26.0 Å². The van der Waals surface area contributed by atoms with Gasteiger partial charge in [-0.2, -0.15) is 0 Å². The molecule has 0 saturated heterocycles. The Bertz CT molecular complexity index is 612. The number of aromatic nitrogens is 4. The molecule has 1 N–H and O–H groups in total. The van der Waals surface area contributed by atoms with Gasteiger partial charge in [0.1, 0.15) is 5.82 Å². The van der Waals surface area contributed by atoms with Crippen LogP contribution in [0.2, 0.25) is 0 Å². The van der Waals surface area contributed by atoms with Crippen LogP contribution in [-0.2, 0) is 4.79 Å². The first-order valence-electron chi connectivity index (χ1n) is 6.26. The Kier molecular flexibility index (Phi) is 4.07. The van der Waals surface area contributed by atoms with E-state index in [4.69, 9.17) is 0 Å². The zero-order chi connectivity index (χ0) is 14.7. The lowest BCUT2D eigenvalue weighted by Gasteiger charge is -2.16. The third-order valence-electron chi connectivity index (χ3n) is 2.88. The van der Waals surface area contributed by atoms with Crippen LogP contribution in [0, 0.1) is 11.7 Å². The maximum atomic E-state index is 13.8. The number of benzene rings is 1. The molecule has 0 aliphatic carbocycles. The van der Waals surface area contributed by atoms with Crippen LogP contribution < -0.4 is 0 Å². The molecule has 20 heavy (non-hydrogen) atoms. The Morgan fingerprint density at radius 2 is 2.10 bits per heavy atom. The number of hydrogen-bond donors (Lipinski definition) is 1. The molecule has 7 heteroatoms. The Hall–Kier alpha value is -2.31. The summed E-state index contributed by atoms with van der Waals surface area (Å²) in [4.78, 5) is 11.4. The highest BCUT2D eigenvalue weighted by atomic mass is 19.1. The molecule has 2 rings (SSSR count). The number of nitrogens with zero attached hydrogens (tertiary/aromatic N) is 4. The van der Waals surface area contributed by atoms with Crippen LogP contribution in [0.5, 0.6) is 0 Å². The molecule has 1 heterocycles. The second-order valence-corrected chi connectivity index (χ2v) is 4.91. The summed E-state index contributed by atoms with van der Waals surface area (Å²) in [7, 11) is 0. The fourth-order valence-corrected chi connectivity index (χ4v) is 1.98. The average Bonchev–Trinajstić information content (AvgIpc) is 2.84. The molecule has 1 aromatic heterocycles. The monoisotopic (exact) mass is 278 g/mol. The highest BCUT2D eigenvalue weighted by Crippen LogP contribution is 2.25. The highest BCUT2D eigenvalue weighted by molar-refractivity contribution is 5.72. The van der Waals surface area contributed by atoms with Crippen molar-refractivity contribution in [2.75, 3.05) is 0 Å². The first-order valence-corrected chi connectivity index (χ1v) is 6.26. The van der Waals surface area contributed by atoms with Crippen molar-refractivity contribution in [1.29, 1.82) is 0 Å². The average molecular weight is 278 g/mol. The van der Waals surface area contributed by atoms with Crippen molar-refractivity contribution in [3.8, 4) is 11.4 Å². The Balaban J connectivity index is 2.46. The molecule has 0 amide bonds. The van der Waals surface area contributed by atoms with Crippen molar-refractivity contribution in [2.24, 2.45) is 5.92 Å². The first-order chi connectivity index (χ1) is 9.50. The molecule has 6 nitrogen and oxygen atoms in total. The molecule has 1 aromatic carbocycles. The summed E-state index contributed by atoms with van der Waals surface area (Å²) in [6.45, 7) is 3.81. The van der Waals surface area contributed by atoms with Gasteiger partial charge in [0.05, 0.1) is 5.56 Å². The van der Waals surface area contributed by atoms with E-state index < -0.39 is 17.8 Å². The van der Waals surface area contributed by atoms with Crippen molar-refractivity contribution in [3.63, 3.8) is 0 Å². The van der Waals surface area contributed by atoms with Crippen LogP contribution in [0.1, 0.15) is 26.3 Å². The Labute approximate surface area is 115 Å². The van der Waals surface area contributed by atoms with Crippen LogP contribution in [-0.4, -0.2) is 31.3 Å². The quantitative estimate of drug-likeness (QED) is 0.906. The second kappa shape index (κ2) is 5.77. The molecule has 1 atom stereocenters. The second-order valence-electron chi connectivity index (χ2n) is 4.91. The van der Waals surface area contributed by atoms with Crippen LogP contribution in [0.25, 0.3) is 11.4 Å². The van der Waals surface area contributed by atoms with E-state index in [9.17, 15) is 14.3 Å². The fourth-order valence-electron chi connectivity index (χ4n) is 1.98. The van der Waals surface area contributed by atoms with Gasteiger partial charge in [-0.15, -0.1) is 5.10 Å². The molecule has 0 aliphatic rings. The maximum absolute atomic E-state index is 13.8. The number of carboxylic acids is 1. The van der Waals surface area contributed by atoms with E-state index in [2.05, 4.69) is 15.5 Å². The molecular weight excluding hydrogens is 263 g/mol. The van der Waals surface area contributed by atoms with Crippen molar-refractivity contribution in [1.82, 2.24) is 20.2 Å². The Morgan fingerprint density at radius 3 is 2.70 bits per heavy atom. The molecule has 0 spiro atoms. The normalized spacial score (nSPS) is 12.6. The highest BCUT2D eigenvalue weighted by Gasteiger charge is 2.26. The number of tetrazole rings is 1. The third kappa shape index (κ3) is 2.81. The van der Waals surface area contributed by atoms with Gasteiger partial charge < -0.3 is 5.11 Å². The lowest BCUT2D eigenvalue weighted by atomic mass is 10.0. The standard InChI is InChI=1S/C13H15FN4O2/c1-8(2)7-11(13(19)20)18-12(15-16-17-18)9-5-3-4-6-10(9)14/h3-6,8,11H,7H2,1-2H3,(H,19,20). The van der Waals surface area contributed by atoms with Crippen LogP contribution in [0.15, 0.2) is 24.3 Å². The topological polar surface area (TPSA) is 80.9 Å². The van der Waals surface area contributed by atoms with E-state index in [0.717, 1.165) is 0 Å². The number of aliphatic carboxylic acids is 1. The number of hydrogen-bond acceptors (Lipinski definition) is 4. The summed E-state index contributed by atoms with van der Waals surface area (Å²) in [5.74, 6) is -1.26. The zero-order valence-electron chi connectivity index (χ0n) is 11.2. The molecule has 0 fully saturated rings. The van der Waals surface area contributed by atoms with Gasteiger partial charge in [0.2, 0.25) is 0 Å². The number of carboxylic acid groups (broad SMARTS) is 1. The van der Waals surface area contributed by atoms with Gasteiger partial charge in [0.15, 0.2) is 11.9 Å². The lowest BCUT2D eigenvalue weighted by molar-refractivity contribution is -0.141. The fraction of sp³-hybridized carbons (Fsp3) is 0.385. The van der Waals surface area contributed by atoms with Gasteiger partial charge in [-0.25, -0.2) is 13.9 Å².